The first-order valence-electron chi connectivity index (χ1n) is 8.83. The van der Waals surface area contributed by atoms with E-state index in [0.29, 0.717) is 17.0 Å². The zero-order chi connectivity index (χ0) is 20.9. The number of hydrogen-bond acceptors (Lipinski definition) is 5. The third-order valence-corrected chi connectivity index (χ3v) is 5.33. The molecular weight excluding hydrogens is 397 g/mol. The van der Waals surface area contributed by atoms with Gasteiger partial charge in [-0.15, -0.1) is 0 Å². The lowest BCUT2D eigenvalue weighted by molar-refractivity contribution is -0.141. The van der Waals surface area contributed by atoms with E-state index in [4.69, 9.17) is 0 Å². The number of carbonyl (C=O) groups is 1. The van der Waals surface area contributed by atoms with Crippen LogP contribution in [0.1, 0.15) is 24.2 Å². The molecule has 154 valence electrons. The van der Waals surface area contributed by atoms with Gasteiger partial charge in [0.25, 0.3) is 5.92 Å². The summed E-state index contributed by atoms with van der Waals surface area (Å²) < 4.78 is 64.7. The molecule has 4 rings (SSSR count). The molecule has 1 amide bonds. The minimum absolute atomic E-state index is 0.0317. The van der Waals surface area contributed by atoms with E-state index in [-0.39, 0.29) is 25.9 Å². The van der Waals surface area contributed by atoms with Gasteiger partial charge in [0.1, 0.15) is 12.0 Å². The summed E-state index contributed by atoms with van der Waals surface area (Å²) in [4.78, 5) is 23.7. The van der Waals surface area contributed by atoms with E-state index in [9.17, 15) is 26.7 Å². The molecule has 1 saturated carbocycles. The third-order valence-electron chi connectivity index (χ3n) is 5.33. The molecule has 29 heavy (non-hydrogen) atoms. The van der Waals surface area contributed by atoms with Crippen LogP contribution in [0.15, 0.2) is 30.7 Å². The van der Waals surface area contributed by atoms with E-state index in [1.54, 1.807) is 0 Å². The van der Waals surface area contributed by atoms with Crippen LogP contribution in [0.5, 0.6) is 0 Å². The fourth-order valence-corrected chi connectivity index (χ4v) is 3.50. The second-order valence-corrected chi connectivity index (χ2v) is 7.34. The first kappa shape index (κ1) is 19.6. The molecule has 2 fully saturated rings. The number of amides is 1. The van der Waals surface area contributed by atoms with Crippen molar-refractivity contribution in [3.05, 3.63) is 42.1 Å². The Morgan fingerprint density at radius 1 is 1.24 bits per heavy atom. The number of nitrogens with zero attached hydrogens (tertiary/aromatic N) is 3. The molecule has 11 heteroatoms. The Morgan fingerprint density at radius 2 is 2.00 bits per heavy atom. The first-order valence-corrected chi connectivity index (χ1v) is 8.83. The molecule has 0 bridgehead atoms. The van der Waals surface area contributed by atoms with Gasteiger partial charge < -0.3 is 10.6 Å². The lowest BCUT2D eigenvalue weighted by atomic mass is 10.0. The lowest BCUT2D eigenvalue weighted by Gasteiger charge is -2.12. The minimum Gasteiger partial charge on any atom is -0.349 e. The van der Waals surface area contributed by atoms with E-state index in [1.165, 1.54) is 18.5 Å². The Morgan fingerprint density at radius 3 is 2.59 bits per heavy atom. The van der Waals surface area contributed by atoms with E-state index in [2.05, 4.69) is 25.6 Å². The van der Waals surface area contributed by atoms with Gasteiger partial charge in [0.15, 0.2) is 0 Å². The van der Waals surface area contributed by atoms with Crippen LogP contribution in [-0.2, 0) is 17.5 Å². The second kappa shape index (κ2) is 6.68. The van der Waals surface area contributed by atoms with E-state index in [1.807, 2.05) is 0 Å². The maximum atomic E-state index is 13.4. The van der Waals surface area contributed by atoms with Crippen molar-refractivity contribution in [2.75, 3.05) is 6.54 Å². The number of alkyl halides is 5. The van der Waals surface area contributed by atoms with Crippen LogP contribution < -0.4 is 10.6 Å². The van der Waals surface area contributed by atoms with Gasteiger partial charge in [-0.1, -0.05) is 0 Å². The maximum absolute atomic E-state index is 13.4. The maximum Gasteiger partial charge on any atom is 0.433 e. The highest BCUT2D eigenvalue weighted by Crippen LogP contribution is 2.64. The van der Waals surface area contributed by atoms with Crippen molar-refractivity contribution in [2.45, 2.75) is 37.5 Å². The van der Waals surface area contributed by atoms with Crippen LogP contribution in [0.2, 0.25) is 0 Å². The average Bonchev–Trinajstić information content (AvgIpc) is 3.00. The van der Waals surface area contributed by atoms with Gasteiger partial charge in [-0.25, -0.2) is 18.7 Å². The third kappa shape index (κ3) is 3.78. The standard InChI is InChI=1S/C18H16F5N5O/c19-17(20)7-16(17)4-13(26-8-16)15(29)25-6-11-3-12(28-9-27-11)10-1-2-14(24-5-10)18(21,22)23/h1-3,5,9,13,26H,4,6-8H2,(H,25,29). The molecule has 1 spiro atoms. The van der Waals surface area contributed by atoms with Crippen LogP contribution in [0.4, 0.5) is 22.0 Å². The molecule has 2 atom stereocenters. The Hall–Kier alpha value is -2.69. The Kier molecular flexibility index (Phi) is 4.52. The monoisotopic (exact) mass is 413 g/mol. The molecule has 0 radical (unpaired) electrons. The largest absolute Gasteiger partial charge is 0.433 e. The van der Waals surface area contributed by atoms with E-state index in [0.717, 1.165) is 12.3 Å². The van der Waals surface area contributed by atoms with E-state index >= 15 is 0 Å². The predicted molar refractivity (Wildman–Crippen MR) is 90.5 cm³/mol. The van der Waals surface area contributed by atoms with Crippen LogP contribution in [-0.4, -0.2) is 39.4 Å². The number of hydrogen-bond donors (Lipinski definition) is 2. The number of rotatable bonds is 4. The van der Waals surface area contributed by atoms with Crippen LogP contribution in [0.3, 0.4) is 0 Å². The Labute approximate surface area is 162 Å². The molecule has 3 heterocycles. The summed E-state index contributed by atoms with van der Waals surface area (Å²) in [7, 11) is 0. The summed E-state index contributed by atoms with van der Waals surface area (Å²) in [6.07, 6.45) is -2.37. The van der Waals surface area contributed by atoms with Gasteiger partial charge in [-0.05, 0) is 24.6 Å². The summed E-state index contributed by atoms with van der Waals surface area (Å²) in [6.45, 7) is 0.140. The zero-order valence-electron chi connectivity index (χ0n) is 14.9. The van der Waals surface area contributed by atoms with Crippen molar-refractivity contribution < 1.29 is 26.7 Å². The highest BCUT2D eigenvalue weighted by atomic mass is 19.4. The molecular formula is C18H16F5N5O. The van der Waals surface area contributed by atoms with Gasteiger partial charge in [0, 0.05) is 24.7 Å². The minimum atomic E-state index is -4.53. The quantitative estimate of drug-likeness (QED) is 0.754. The fourth-order valence-electron chi connectivity index (χ4n) is 3.50. The summed E-state index contributed by atoms with van der Waals surface area (Å²) in [6, 6.07) is 2.93. The Balaban J connectivity index is 1.38. The zero-order valence-corrected chi connectivity index (χ0v) is 14.9. The number of aromatic nitrogens is 3. The fraction of sp³-hybridized carbons (Fsp3) is 0.444. The molecule has 1 aliphatic carbocycles. The van der Waals surface area contributed by atoms with Crippen molar-refractivity contribution in [3.8, 4) is 11.3 Å². The van der Waals surface area contributed by atoms with Crippen molar-refractivity contribution >= 4 is 5.91 Å². The van der Waals surface area contributed by atoms with Crippen molar-refractivity contribution in [1.29, 1.82) is 0 Å². The highest BCUT2D eigenvalue weighted by molar-refractivity contribution is 5.82. The van der Waals surface area contributed by atoms with Crippen molar-refractivity contribution in [2.24, 2.45) is 5.41 Å². The summed E-state index contributed by atoms with van der Waals surface area (Å²) in [5.74, 6) is -3.12. The molecule has 2 aromatic heterocycles. The van der Waals surface area contributed by atoms with Gasteiger partial charge >= 0.3 is 6.18 Å². The van der Waals surface area contributed by atoms with Gasteiger partial charge in [0.2, 0.25) is 5.91 Å². The smallest absolute Gasteiger partial charge is 0.349 e. The molecule has 2 aliphatic rings. The average molecular weight is 413 g/mol. The summed E-state index contributed by atoms with van der Waals surface area (Å²) in [5.41, 5.74) is -0.977. The molecule has 6 nitrogen and oxygen atoms in total. The van der Waals surface area contributed by atoms with Crippen molar-refractivity contribution in [1.82, 2.24) is 25.6 Å². The van der Waals surface area contributed by atoms with Crippen LogP contribution in [0.25, 0.3) is 11.3 Å². The lowest BCUT2D eigenvalue weighted by Crippen LogP contribution is -2.40. The van der Waals surface area contributed by atoms with Gasteiger partial charge in [0.05, 0.1) is 29.4 Å². The summed E-state index contributed by atoms with van der Waals surface area (Å²) >= 11 is 0. The predicted octanol–water partition coefficient (Wildman–Crippen LogP) is 2.56. The molecule has 2 aromatic rings. The number of nitrogens with one attached hydrogen (secondary N) is 2. The van der Waals surface area contributed by atoms with Crippen LogP contribution in [0, 0.1) is 5.41 Å². The van der Waals surface area contributed by atoms with E-state index < -0.39 is 35.2 Å². The van der Waals surface area contributed by atoms with Gasteiger partial charge in [-0.3, -0.25) is 9.78 Å². The normalized spacial score (nSPS) is 25.2. The highest BCUT2D eigenvalue weighted by Gasteiger charge is 2.73. The molecule has 1 aliphatic heterocycles. The number of carbonyl (C=O) groups excluding carboxylic acids is 1. The molecule has 2 unspecified atom stereocenters. The van der Waals surface area contributed by atoms with Crippen molar-refractivity contribution in [3.63, 3.8) is 0 Å². The number of halogens is 5. The second-order valence-electron chi connectivity index (χ2n) is 7.34. The summed E-state index contributed by atoms with van der Waals surface area (Å²) in [5, 5.41) is 5.47. The molecule has 0 aromatic carbocycles. The topological polar surface area (TPSA) is 79.8 Å². The number of pyridine rings is 1. The Bertz CT molecular complexity index is 933. The SMILES string of the molecule is O=C(NCc1cc(-c2ccc(C(F)(F)F)nc2)ncn1)C1CC2(CN1)CC2(F)F. The molecule has 1 saturated heterocycles. The first-order chi connectivity index (χ1) is 13.6. The van der Waals surface area contributed by atoms with Gasteiger partial charge in [-0.2, -0.15) is 13.2 Å². The van der Waals surface area contributed by atoms with Crippen LogP contribution >= 0.6 is 0 Å². The molecule has 2 N–H and O–H groups in total.